The lowest BCUT2D eigenvalue weighted by molar-refractivity contribution is 0.0884. The SMILES string of the molecule is O=c1c2nn(Cc3ccccc3F)c(Cl)c2nnn1[C@@H]1[C@@H]2COCC[C@@H]21. The van der Waals surface area contributed by atoms with Gasteiger partial charge in [0.2, 0.25) is 0 Å². The topological polar surface area (TPSA) is 74.8 Å². The predicted molar refractivity (Wildman–Crippen MR) is 91.5 cm³/mol. The van der Waals surface area contributed by atoms with Crippen molar-refractivity contribution < 1.29 is 9.13 Å². The van der Waals surface area contributed by atoms with Gasteiger partial charge in [0.15, 0.2) is 16.2 Å². The Morgan fingerprint density at radius 3 is 2.88 bits per heavy atom. The van der Waals surface area contributed by atoms with E-state index in [2.05, 4.69) is 15.4 Å². The highest BCUT2D eigenvalue weighted by molar-refractivity contribution is 6.33. The molecule has 1 aliphatic carbocycles. The molecule has 3 atom stereocenters. The lowest BCUT2D eigenvalue weighted by Gasteiger charge is -2.06. The summed E-state index contributed by atoms with van der Waals surface area (Å²) in [6.07, 6.45) is 0.921. The summed E-state index contributed by atoms with van der Waals surface area (Å²) in [5.74, 6) is 0.363. The van der Waals surface area contributed by atoms with Gasteiger partial charge in [-0.1, -0.05) is 35.0 Å². The molecule has 0 radical (unpaired) electrons. The molecule has 134 valence electrons. The van der Waals surface area contributed by atoms with Crippen LogP contribution in [-0.4, -0.2) is 38.0 Å². The minimum absolute atomic E-state index is 0.0115. The van der Waals surface area contributed by atoms with Crippen molar-refractivity contribution in [1.29, 1.82) is 0 Å². The number of halogens is 2. The van der Waals surface area contributed by atoms with E-state index in [4.69, 9.17) is 16.3 Å². The molecule has 0 N–H and O–H groups in total. The van der Waals surface area contributed by atoms with Crippen molar-refractivity contribution in [3.8, 4) is 0 Å². The molecule has 3 aromatic rings. The van der Waals surface area contributed by atoms with Crippen LogP contribution in [-0.2, 0) is 11.3 Å². The van der Waals surface area contributed by atoms with Crippen LogP contribution >= 0.6 is 11.6 Å². The van der Waals surface area contributed by atoms with Crippen molar-refractivity contribution in [2.45, 2.75) is 19.0 Å². The fraction of sp³-hybridized carbons (Fsp3) is 0.412. The summed E-state index contributed by atoms with van der Waals surface area (Å²) in [4.78, 5) is 12.8. The third kappa shape index (κ3) is 2.36. The average Bonchev–Trinajstić information content (AvgIpc) is 3.29. The van der Waals surface area contributed by atoms with Crippen molar-refractivity contribution in [3.63, 3.8) is 0 Å². The Labute approximate surface area is 152 Å². The number of benzene rings is 1. The lowest BCUT2D eigenvalue weighted by atomic mass is 10.2. The van der Waals surface area contributed by atoms with Gasteiger partial charge in [-0.3, -0.25) is 4.79 Å². The molecular formula is C17H15ClFN5O2. The van der Waals surface area contributed by atoms with Gasteiger partial charge in [-0.2, -0.15) is 5.10 Å². The minimum Gasteiger partial charge on any atom is -0.381 e. The fourth-order valence-electron chi connectivity index (χ4n) is 3.83. The highest BCUT2D eigenvalue weighted by atomic mass is 35.5. The Morgan fingerprint density at radius 1 is 1.27 bits per heavy atom. The molecule has 1 saturated heterocycles. The van der Waals surface area contributed by atoms with Crippen LogP contribution < -0.4 is 5.56 Å². The third-order valence-electron chi connectivity index (χ3n) is 5.27. The van der Waals surface area contributed by atoms with E-state index in [0.29, 0.717) is 30.6 Å². The van der Waals surface area contributed by atoms with Crippen LogP contribution in [0.25, 0.3) is 11.0 Å². The van der Waals surface area contributed by atoms with Gasteiger partial charge in [0.1, 0.15) is 5.82 Å². The lowest BCUT2D eigenvalue weighted by Crippen LogP contribution is -2.24. The monoisotopic (exact) mass is 375 g/mol. The van der Waals surface area contributed by atoms with Crippen LogP contribution in [0.3, 0.4) is 0 Å². The first-order chi connectivity index (χ1) is 12.6. The van der Waals surface area contributed by atoms with Crippen LogP contribution in [0.15, 0.2) is 29.1 Å². The number of nitrogens with zero attached hydrogens (tertiary/aromatic N) is 5. The quantitative estimate of drug-likeness (QED) is 0.700. The summed E-state index contributed by atoms with van der Waals surface area (Å²) in [7, 11) is 0. The predicted octanol–water partition coefficient (Wildman–Crippen LogP) is 2.04. The second-order valence-electron chi connectivity index (χ2n) is 6.76. The first-order valence-corrected chi connectivity index (χ1v) is 8.85. The number of ether oxygens (including phenoxy) is 1. The summed E-state index contributed by atoms with van der Waals surface area (Å²) >= 11 is 6.31. The van der Waals surface area contributed by atoms with Gasteiger partial charge >= 0.3 is 0 Å². The summed E-state index contributed by atoms with van der Waals surface area (Å²) in [5.41, 5.74) is 0.513. The standard InChI is InChI=1S/C17H15ClFN5O2/c18-16-13-14(21-23(16)7-9-3-1-2-4-12(9)19)17(25)24(22-20-13)15-10-5-6-26-8-11(10)15/h1-4,10-11,15H,5-8H2/t10-,11+,15-/m0/s1. The zero-order chi connectivity index (χ0) is 17.8. The van der Waals surface area contributed by atoms with Gasteiger partial charge in [-0.15, -0.1) is 5.10 Å². The molecule has 26 heavy (non-hydrogen) atoms. The molecular weight excluding hydrogens is 361 g/mol. The third-order valence-corrected chi connectivity index (χ3v) is 5.65. The Morgan fingerprint density at radius 2 is 2.12 bits per heavy atom. The molecule has 7 nitrogen and oxygen atoms in total. The van der Waals surface area contributed by atoms with Gasteiger partial charge in [-0.05, 0) is 18.4 Å². The smallest absolute Gasteiger partial charge is 0.298 e. The van der Waals surface area contributed by atoms with Gasteiger partial charge < -0.3 is 4.74 Å². The van der Waals surface area contributed by atoms with E-state index in [1.165, 1.54) is 15.4 Å². The van der Waals surface area contributed by atoms with Crippen molar-refractivity contribution in [2.24, 2.45) is 11.8 Å². The van der Waals surface area contributed by atoms with Crippen molar-refractivity contribution in [1.82, 2.24) is 24.8 Å². The molecule has 2 aromatic heterocycles. The van der Waals surface area contributed by atoms with Crippen LogP contribution in [0.5, 0.6) is 0 Å². The molecule has 1 aromatic carbocycles. The van der Waals surface area contributed by atoms with E-state index in [1.54, 1.807) is 18.2 Å². The summed E-state index contributed by atoms with van der Waals surface area (Å²) in [6, 6.07) is 6.38. The van der Waals surface area contributed by atoms with Crippen LogP contribution in [0, 0.1) is 17.7 Å². The summed E-state index contributed by atoms with van der Waals surface area (Å²) < 4.78 is 22.2. The largest absolute Gasteiger partial charge is 0.381 e. The van der Waals surface area contributed by atoms with Crippen molar-refractivity contribution in [3.05, 3.63) is 51.2 Å². The van der Waals surface area contributed by atoms with Gasteiger partial charge in [0.25, 0.3) is 5.56 Å². The normalized spacial score (nSPS) is 24.6. The van der Waals surface area contributed by atoms with Gasteiger partial charge in [0.05, 0.1) is 19.2 Å². The maximum atomic E-state index is 13.9. The second kappa shape index (κ2) is 5.85. The molecule has 9 heteroatoms. The van der Waals surface area contributed by atoms with E-state index >= 15 is 0 Å². The molecule has 1 saturated carbocycles. The number of fused-ring (bicyclic) bond motifs is 2. The first-order valence-electron chi connectivity index (χ1n) is 8.48. The van der Waals surface area contributed by atoms with Crippen LogP contribution in [0.2, 0.25) is 5.15 Å². The molecule has 3 heterocycles. The van der Waals surface area contributed by atoms with E-state index in [-0.39, 0.29) is 40.1 Å². The molecule has 1 aliphatic heterocycles. The summed E-state index contributed by atoms with van der Waals surface area (Å²) in [6.45, 7) is 1.47. The highest BCUT2D eigenvalue weighted by Gasteiger charge is 2.54. The van der Waals surface area contributed by atoms with Crippen molar-refractivity contribution >= 4 is 22.6 Å². The Balaban J connectivity index is 1.54. The van der Waals surface area contributed by atoms with Gasteiger partial charge in [0, 0.05) is 18.1 Å². The maximum absolute atomic E-state index is 13.9. The molecule has 0 unspecified atom stereocenters. The molecule has 2 fully saturated rings. The first kappa shape index (κ1) is 15.9. The number of rotatable bonds is 3. The van der Waals surface area contributed by atoms with Crippen LogP contribution in [0.1, 0.15) is 18.0 Å². The molecule has 0 bridgehead atoms. The molecule has 0 amide bonds. The summed E-state index contributed by atoms with van der Waals surface area (Å²) in [5, 5.41) is 12.7. The minimum atomic E-state index is -0.353. The van der Waals surface area contributed by atoms with Crippen molar-refractivity contribution in [2.75, 3.05) is 13.2 Å². The Kier molecular flexibility index (Phi) is 3.58. The van der Waals surface area contributed by atoms with Gasteiger partial charge in [-0.25, -0.2) is 13.8 Å². The fourth-order valence-corrected chi connectivity index (χ4v) is 4.05. The Hall–Kier alpha value is -2.32. The highest BCUT2D eigenvalue weighted by Crippen LogP contribution is 2.53. The Bertz CT molecular complexity index is 1050. The molecule has 0 spiro atoms. The molecule has 5 rings (SSSR count). The number of hydrogen-bond acceptors (Lipinski definition) is 5. The van der Waals surface area contributed by atoms with E-state index < -0.39 is 0 Å². The zero-order valence-electron chi connectivity index (χ0n) is 13.7. The van der Waals surface area contributed by atoms with Crippen LogP contribution in [0.4, 0.5) is 4.39 Å². The van der Waals surface area contributed by atoms with E-state index in [1.807, 2.05) is 0 Å². The molecule has 2 aliphatic rings. The number of hydrogen-bond donors (Lipinski definition) is 0. The van der Waals surface area contributed by atoms with E-state index in [0.717, 1.165) is 6.42 Å². The average molecular weight is 376 g/mol. The van der Waals surface area contributed by atoms with E-state index in [9.17, 15) is 9.18 Å². The maximum Gasteiger partial charge on any atom is 0.298 e. The second-order valence-corrected chi connectivity index (χ2v) is 7.12. The zero-order valence-corrected chi connectivity index (χ0v) is 14.4. The number of aromatic nitrogens is 5.